The molecule has 0 bridgehead atoms. The van der Waals surface area contributed by atoms with Crippen LogP contribution in [0.25, 0.3) is 55.7 Å². The lowest BCUT2D eigenvalue weighted by molar-refractivity contribution is 1.49. The number of anilines is 2. The molecular weight excluding hydrogens is 629 g/mol. The maximum atomic E-state index is 6.14. The minimum Gasteiger partial charge on any atom is -0.399 e. The summed E-state index contributed by atoms with van der Waals surface area (Å²) >= 11 is 0. The van der Waals surface area contributed by atoms with E-state index in [1.54, 1.807) is 0 Å². The first kappa shape index (κ1) is 32.3. The maximum Gasteiger partial charge on any atom is 0.0314 e. The van der Waals surface area contributed by atoms with E-state index in [2.05, 4.69) is 182 Å². The Morgan fingerprint density at radius 2 is 0.519 bits per heavy atom. The summed E-state index contributed by atoms with van der Waals surface area (Å²) < 4.78 is 0. The summed E-state index contributed by atoms with van der Waals surface area (Å²) in [7, 11) is 0. The second-order valence-electron chi connectivity index (χ2n) is 13.0. The lowest BCUT2D eigenvalue weighted by Gasteiger charge is -2.20. The second-order valence-corrected chi connectivity index (χ2v) is 13.0. The Labute approximate surface area is 306 Å². The molecule has 4 N–H and O–H groups in total. The molecule has 0 heterocycles. The van der Waals surface area contributed by atoms with Gasteiger partial charge in [0.2, 0.25) is 0 Å². The normalized spacial score (nSPS) is 10.8. The Morgan fingerprint density at radius 1 is 0.231 bits per heavy atom. The van der Waals surface area contributed by atoms with Gasteiger partial charge in [-0.3, -0.25) is 0 Å². The van der Waals surface area contributed by atoms with E-state index in [0.29, 0.717) is 0 Å². The highest BCUT2D eigenvalue weighted by molar-refractivity contribution is 6.06. The predicted octanol–water partition coefficient (Wildman–Crippen LogP) is 12.5. The number of hydrogen-bond acceptors (Lipinski definition) is 2. The Hall–Kier alpha value is -6.90. The number of benzene rings is 8. The van der Waals surface area contributed by atoms with Crippen LogP contribution in [-0.2, 0) is 0 Å². The van der Waals surface area contributed by atoms with Gasteiger partial charge in [-0.15, -0.1) is 0 Å². The third-order valence-electron chi connectivity index (χ3n) is 9.58. The zero-order chi connectivity index (χ0) is 35.3. The molecule has 0 atom stereocenters. The van der Waals surface area contributed by atoms with E-state index in [1.165, 1.54) is 22.3 Å². The van der Waals surface area contributed by atoms with Crippen molar-refractivity contribution >= 4 is 22.5 Å². The van der Waals surface area contributed by atoms with Gasteiger partial charge in [-0.25, -0.2) is 0 Å². The quantitative estimate of drug-likeness (QED) is 0.125. The van der Waals surface area contributed by atoms with Crippen molar-refractivity contribution in [2.45, 2.75) is 0 Å². The summed E-state index contributed by atoms with van der Waals surface area (Å²) in [6.07, 6.45) is 0. The first-order valence-electron chi connectivity index (χ1n) is 17.6. The Bertz CT molecular complexity index is 2300. The fourth-order valence-corrected chi connectivity index (χ4v) is 6.89. The molecule has 8 rings (SSSR count). The van der Waals surface area contributed by atoms with Crippen LogP contribution in [0.15, 0.2) is 206 Å². The highest BCUT2D eigenvalue weighted by Crippen LogP contribution is 2.41. The van der Waals surface area contributed by atoms with Crippen LogP contribution >= 0.6 is 0 Å². The average Bonchev–Trinajstić information content (AvgIpc) is 3.21. The summed E-state index contributed by atoms with van der Waals surface area (Å²) in [6.45, 7) is 0. The van der Waals surface area contributed by atoms with E-state index in [-0.39, 0.29) is 0 Å². The molecule has 0 unspecified atom stereocenters. The molecule has 0 aliphatic rings. The molecule has 0 radical (unpaired) electrons. The zero-order valence-corrected chi connectivity index (χ0v) is 28.8. The number of hydrogen-bond donors (Lipinski definition) is 2. The highest BCUT2D eigenvalue weighted by atomic mass is 14.5. The van der Waals surface area contributed by atoms with Crippen LogP contribution in [0.4, 0.5) is 11.4 Å². The molecule has 8 aromatic carbocycles. The molecule has 0 spiro atoms. The highest BCUT2D eigenvalue weighted by Gasteiger charge is 2.19. The van der Waals surface area contributed by atoms with Crippen LogP contribution < -0.4 is 11.5 Å². The van der Waals surface area contributed by atoms with Crippen molar-refractivity contribution in [2.75, 3.05) is 11.5 Å². The molecule has 0 aliphatic carbocycles. The molecular formula is C50H38N2. The molecule has 0 saturated heterocycles. The van der Waals surface area contributed by atoms with Gasteiger partial charge in [0.25, 0.3) is 0 Å². The third kappa shape index (κ3) is 6.92. The average molecular weight is 667 g/mol. The molecule has 0 amide bonds. The smallest absolute Gasteiger partial charge is 0.0314 e. The van der Waals surface area contributed by atoms with Gasteiger partial charge in [-0.05, 0) is 120 Å². The monoisotopic (exact) mass is 666 g/mol. The summed E-state index contributed by atoms with van der Waals surface area (Å²) in [6, 6.07) is 72.9. The molecule has 2 nitrogen and oxygen atoms in total. The molecule has 52 heavy (non-hydrogen) atoms. The molecule has 8 aromatic rings. The number of nitrogen functional groups attached to an aromatic ring is 2. The van der Waals surface area contributed by atoms with E-state index in [9.17, 15) is 0 Å². The first-order valence-corrected chi connectivity index (χ1v) is 17.6. The van der Waals surface area contributed by atoms with Crippen LogP contribution in [0.1, 0.15) is 22.3 Å². The van der Waals surface area contributed by atoms with E-state index in [0.717, 1.165) is 67.0 Å². The third-order valence-corrected chi connectivity index (χ3v) is 9.58. The van der Waals surface area contributed by atoms with Crippen LogP contribution in [0.3, 0.4) is 0 Å². The minimum atomic E-state index is 0.740. The van der Waals surface area contributed by atoms with E-state index >= 15 is 0 Å². The largest absolute Gasteiger partial charge is 0.399 e. The molecule has 0 aromatic heterocycles. The topological polar surface area (TPSA) is 52.0 Å². The lowest BCUT2D eigenvalue weighted by atomic mass is 9.83. The Morgan fingerprint density at radius 3 is 0.923 bits per heavy atom. The maximum absolute atomic E-state index is 6.14. The van der Waals surface area contributed by atoms with Crippen molar-refractivity contribution in [3.63, 3.8) is 0 Å². The SMILES string of the molecule is Nc1ccc(-c2cc(C(=C(c3ccc(-c4ccccc4)cc3)c3ccc(-c4ccccc4)cc3)c3ccccc3)cc(-c3ccc(N)cc3)c2)cc1. The summed E-state index contributed by atoms with van der Waals surface area (Å²) in [4.78, 5) is 0. The van der Waals surface area contributed by atoms with Crippen molar-refractivity contribution in [1.82, 2.24) is 0 Å². The van der Waals surface area contributed by atoms with Crippen molar-refractivity contribution < 1.29 is 0 Å². The molecule has 0 fully saturated rings. The Balaban J connectivity index is 1.41. The predicted molar refractivity (Wildman–Crippen MR) is 221 cm³/mol. The van der Waals surface area contributed by atoms with Crippen LogP contribution in [0.2, 0.25) is 0 Å². The first-order chi connectivity index (χ1) is 25.6. The van der Waals surface area contributed by atoms with Crippen LogP contribution in [-0.4, -0.2) is 0 Å². The van der Waals surface area contributed by atoms with Crippen molar-refractivity contribution in [1.29, 1.82) is 0 Å². The fourth-order valence-electron chi connectivity index (χ4n) is 6.89. The van der Waals surface area contributed by atoms with Crippen molar-refractivity contribution in [3.8, 4) is 44.5 Å². The summed E-state index contributed by atoms with van der Waals surface area (Å²) in [5, 5.41) is 0. The van der Waals surface area contributed by atoms with E-state index in [1.807, 2.05) is 24.3 Å². The van der Waals surface area contributed by atoms with Crippen molar-refractivity contribution in [2.24, 2.45) is 0 Å². The summed E-state index contributed by atoms with van der Waals surface area (Å²) in [5.74, 6) is 0. The minimum absolute atomic E-state index is 0.740. The van der Waals surface area contributed by atoms with Crippen LogP contribution in [0, 0.1) is 0 Å². The van der Waals surface area contributed by atoms with Gasteiger partial charge in [0.15, 0.2) is 0 Å². The fraction of sp³-hybridized carbons (Fsp3) is 0. The van der Waals surface area contributed by atoms with Gasteiger partial charge in [0.05, 0.1) is 0 Å². The second kappa shape index (κ2) is 14.5. The van der Waals surface area contributed by atoms with Gasteiger partial charge in [0.1, 0.15) is 0 Å². The van der Waals surface area contributed by atoms with Gasteiger partial charge in [0, 0.05) is 11.4 Å². The summed E-state index contributed by atoms with van der Waals surface area (Å²) in [5.41, 5.74) is 29.7. The molecule has 248 valence electrons. The van der Waals surface area contributed by atoms with E-state index in [4.69, 9.17) is 11.5 Å². The number of rotatable bonds is 8. The lowest BCUT2D eigenvalue weighted by Crippen LogP contribution is -1.99. The van der Waals surface area contributed by atoms with Crippen LogP contribution in [0.5, 0.6) is 0 Å². The molecule has 0 saturated carbocycles. The van der Waals surface area contributed by atoms with Gasteiger partial charge in [-0.2, -0.15) is 0 Å². The van der Waals surface area contributed by atoms with Gasteiger partial charge >= 0.3 is 0 Å². The Kier molecular flexibility index (Phi) is 9.03. The zero-order valence-electron chi connectivity index (χ0n) is 28.8. The van der Waals surface area contributed by atoms with Crippen molar-refractivity contribution in [3.05, 3.63) is 229 Å². The molecule has 0 aliphatic heterocycles. The standard InChI is InChI=1S/C50H38N2/c51-47-28-24-39(25-29-47)44-32-45(40-26-30-48(52)31-27-40)34-46(33-44)50(41-14-8-3-9-15-41)49(42-20-16-37(17-21-42)35-10-4-1-5-11-35)43-22-18-38(19-23-43)36-12-6-2-7-13-36/h1-34H,51-52H2. The van der Waals surface area contributed by atoms with Gasteiger partial charge < -0.3 is 11.5 Å². The number of nitrogens with two attached hydrogens (primary N) is 2. The molecule has 2 heteroatoms. The van der Waals surface area contributed by atoms with E-state index < -0.39 is 0 Å². The van der Waals surface area contributed by atoms with Gasteiger partial charge in [-0.1, -0.05) is 164 Å².